The van der Waals surface area contributed by atoms with Gasteiger partial charge in [-0.3, -0.25) is 14.5 Å². The van der Waals surface area contributed by atoms with Crippen LogP contribution < -0.4 is 4.90 Å². The number of carbonyl (C=O) groups is 2. The Morgan fingerprint density at radius 3 is 1.52 bits per heavy atom. The molecule has 0 saturated carbocycles. The second kappa shape index (κ2) is 11.1. The molecule has 0 saturated heterocycles. The smallest absolute Gasteiger partial charge is 0.284 e. The molecule has 0 bridgehead atoms. The standard InChI is InChI=1S/C35H25N3O2/c39-34(27-18-8-2-9-19-27)31-32(35(40)37(28-20-10-3-11-21-28)29-22-12-4-13-23-29)36-38(30-24-14-5-15-25-30)33(31)26-16-6-1-7-17-26/h1-25H. The molecule has 5 nitrogen and oxygen atoms in total. The summed E-state index contributed by atoms with van der Waals surface area (Å²) < 4.78 is 1.70. The van der Waals surface area contributed by atoms with Crippen LogP contribution in [0.15, 0.2) is 152 Å². The number of ketones is 1. The predicted octanol–water partition coefficient (Wildman–Crippen LogP) is 7.75. The Bertz CT molecular complexity index is 1710. The first-order chi connectivity index (χ1) is 19.7. The number of amides is 1. The summed E-state index contributed by atoms with van der Waals surface area (Å²) >= 11 is 0. The first kappa shape index (κ1) is 24.8. The fraction of sp³-hybridized carbons (Fsp3) is 0. The predicted molar refractivity (Wildman–Crippen MR) is 158 cm³/mol. The van der Waals surface area contributed by atoms with Gasteiger partial charge in [-0.15, -0.1) is 0 Å². The molecule has 1 heterocycles. The molecule has 40 heavy (non-hydrogen) atoms. The molecular weight excluding hydrogens is 494 g/mol. The van der Waals surface area contributed by atoms with E-state index in [9.17, 15) is 9.59 Å². The van der Waals surface area contributed by atoms with Crippen LogP contribution in [-0.4, -0.2) is 21.5 Å². The van der Waals surface area contributed by atoms with Gasteiger partial charge in [-0.25, -0.2) is 4.68 Å². The van der Waals surface area contributed by atoms with Gasteiger partial charge in [0.1, 0.15) is 0 Å². The molecule has 0 spiro atoms. The molecule has 192 valence electrons. The normalized spacial score (nSPS) is 10.7. The number of benzene rings is 5. The van der Waals surface area contributed by atoms with Gasteiger partial charge in [0.15, 0.2) is 11.5 Å². The van der Waals surface area contributed by atoms with Crippen molar-refractivity contribution in [2.24, 2.45) is 0 Å². The molecule has 0 atom stereocenters. The first-order valence-electron chi connectivity index (χ1n) is 13.0. The molecule has 0 aliphatic heterocycles. The molecule has 6 rings (SSSR count). The number of hydrogen-bond donors (Lipinski definition) is 0. The lowest BCUT2D eigenvalue weighted by Crippen LogP contribution is -2.28. The maximum atomic E-state index is 14.6. The van der Waals surface area contributed by atoms with Crippen LogP contribution in [0.5, 0.6) is 0 Å². The highest BCUT2D eigenvalue weighted by molar-refractivity contribution is 6.21. The van der Waals surface area contributed by atoms with E-state index in [0.717, 1.165) is 11.3 Å². The van der Waals surface area contributed by atoms with E-state index in [1.54, 1.807) is 21.7 Å². The molecule has 0 aliphatic carbocycles. The molecule has 0 fully saturated rings. The molecule has 0 unspecified atom stereocenters. The highest BCUT2D eigenvalue weighted by atomic mass is 16.2. The Balaban J connectivity index is 1.65. The van der Waals surface area contributed by atoms with Crippen molar-refractivity contribution in [2.75, 3.05) is 4.90 Å². The second-order valence-electron chi connectivity index (χ2n) is 9.19. The zero-order valence-electron chi connectivity index (χ0n) is 21.6. The maximum Gasteiger partial charge on any atom is 0.284 e. The van der Waals surface area contributed by atoms with Gasteiger partial charge in [0.2, 0.25) is 0 Å². The van der Waals surface area contributed by atoms with E-state index < -0.39 is 5.91 Å². The van der Waals surface area contributed by atoms with E-state index in [4.69, 9.17) is 5.10 Å². The van der Waals surface area contributed by atoms with Crippen LogP contribution >= 0.6 is 0 Å². The third kappa shape index (κ3) is 4.72. The number of aromatic nitrogens is 2. The third-order valence-electron chi connectivity index (χ3n) is 6.63. The van der Waals surface area contributed by atoms with Crippen molar-refractivity contribution in [3.05, 3.63) is 168 Å². The number of para-hydroxylation sites is 3. The highest BCUT2D eigenvalue weighted by Gasteiger charge is 2.33. The quantitative estimate of drug-likeness (QED) is 0.203. The number of rotatable bonds is 7. The van der Waals surface area contributed by atoms with E-state index in [2.05, 4.69) is 0 Å². The van der Waals surface area contributed by atoms with Crippen molar-refractivity contribution in [1.29, 1.82) is 0 Å². The van der Waals surface area contributed by atoms with Crippen LogP contribution in [0.2, 0.25) is 0 Å². The molecule has 5 heteroatoms. The minimum Gasteiger partial charge on any atom is -0.288 e. The lowest BCUT2D eigenvalue weighted by atomic mass is 9.96. The van der Waals surface area contributed by atoms with Crippen LogP contribution in [0.25, 0.3) is 16.9 Å². The number of nitrogens with zero attached hydrogens (tertiary/aromatic N) is 3. The van der Waals surface area contributed by atoms with E-state index in [1.807, 2.05) is 140 Å². The summed E-state index contributed by atoms with van der Waals surface area (Å²) in [7, 11) is 0. The average Bonchev–Trinajstić information content (AvgIpc) is 3.44. The number of carbonyl (C=O) groups excluding carboxylic acids is 2. The van der Waals surface area contributed by atoms with Crippen LogP contribution in [0, 0.1) is 0 Å². The number of hydrogen-bond acceptors (Lipinski definition) is 3. The summed E-state index contributed by atoms with van der Waals surface area (Å²) in [6.07, 6.45) is 0. The topological polar surface area (TPSA) is 55.2 Å². The van der Waals surface area contributed by atoms with Crippen molar-refractivity contribution in [2.45, 2.75) is 0 Å². The van der Waals surface area contributed by atoms with Crippen molar-refractivity contribution in [3.63, 3.8) is 0 Å². The molecule has 0 N–H and O–H groups in total. The molecule has 6 aromatic rings. The Morgan fingerprint density at radius 2 is 1.00 bits per heavy atom. The summed E-state index contributed by atoms with van der Waals surface area (Å²) in [5.74, 6) is -0.672. The Morgan fingerprint density at radius 1 is 0.550 bits per heavy atom. The summed E-state index contributed by atoms with van der Waals surface area (Å²) in [5, 5.41) is 4.88. The van der Waals surface area contributed by atoms with Gasteiger partial charge in [-0.2, -0.15) is 5.10 Å². The highest BCUT2D eigenvalue weighted by Crippen LogP contribution is 2.34. The molecule has 5 aromatic carbocycles. The van der Waals surface area contributed by atoms with Gasteiger partial charge in [0, 0.05) is 22.5 Å². The van der Waals surface area contributed by atoms with E-state index in [-0.39, 0.29) is 17.0 Å². The van der Waals surface area contributed by atoms with Crippen LogP contribution in [-0.2, 0) is 0 Å². The minimum atomic E-state index is -0.399. The lowest BCUT2D eigenvalue weighted by molar-refractivity contribution is 0.0977. The largest absolute Gasteiger partial charge is 0.288 e. The van der Waals surface area contributed by atoms with Gasteiger partial charge < -0.3 is 0 Å². The van der Waals surface area contributed by atoms with Gasteiger partial charge in [0.25, 0.3) is 5.91 Å². The van der Waals surface area contributed by atoms with Crippen molar-refractivity contribution in [3.8, 4) is 16.9 Å². The summed E-state index contributed by atoms with van der Waals surface area (Å²) in [4.78, 5) is 30.5. The van der Waals surface area contributed by atoms with Crippen molar-refractivity contribution >= 4 is 23.1 Å². The summed E-state index contributed by atoms with van der Waals surface area (Å²) in [6, 6.07) is 47.0. The zero-order chi connectivity index (χ0) is 27.3. The zero-order valence-corrected chi connectivity index (χ0v) is 21.6. The van der Waals surface area contributed by atoms with E-state index in [1.165, 1.54) is 0 Å². The maximum absolute atomic E-state index is 14.6. The molecule has 0 aliphatic rings. The first-order valence-corrected chi connectivity index (χ1v) is 13.0. The second-order valence-corrected chi connectivity index (χ2v) is 9.19. The Labute approximate surface area is 232 Å². The van der Waals surface area contributed by atoms with Gasteiger partial charge in [-0.05, 0) is 36.4 Å². The van der Waals surface area contributed by atoms with E-state index >= 15 is 0 Å². The summed E-state index contributed by atoms with van der Waals surface area (Å²) in [6.45, 7) is 0. The Hall–Kier alpha value is -5.55. The van der Waals surface area contributed by atoms with Gasteiger partial charge in [0.05, 0.1) is 16.9 Å². The molecule has 1 aromatic heterocycles. The molecule has 0 radical (unpaired) electrons. The van der Waals surface area contributed by atoms with Crippen molar-refractivity contribution in [1.82, 2.24) is 9.78 Å². The van der Waals surface area contributed by atoms with E-state index in [0.29, 0.717) is 22.6 Å². The number of anilines is 2. The summed E-state index contributed by atoms with van der Waals surface area (Å²) in [5.41, 5.74) is 4.24. The van der Waals surface area contributed by atoms with Crippen LogP contribution in [0.1, 0.15) is 26.4 Å². The lowest BCUT2D eigenvalue weighted by Gasteiger charge is -2.22. The van der Waals surface area contributed by atoms with Gasteiger partial charge >= 0.3 is 0 Å². The van der Waals surface area contributed by atoms with Crippen LogP contribution in [0.3, 0.4) is 0 Å². The molecular formula is C35H25N3O2. The Kier molecular flexibility index (Phi) is 6.84. The average molecular weight is 520 g/mol. The molecule has 1 amide bonds. The minimum absolute atomic E-state index is 0.0734. The van der Waals surface area contributed by atoms with Crippen molar-refractivity contribution < 1.29 is 9.59 Å². The fourth-order valence-electron chi connectivity index (χ4n) is 4.78. The van der Waals surface area contributed by atoms with Crippen LogP contribution in [0.4, 0.5) is 11.4 Å². The SMILES string of the molecule is O=C(c1ccccc1)c1c(C(=O)N(c2ccccc2)c2ccccc2)nn(-c2ccccc2)c1-c1ccccc1. The fourth-order valence-corrected chi connectivity index (χ4v) is 4.78. The monoisotopic (exact) mass is 519 g/mol. The third-order valence-corrected chi connectivity index (χ3v) is 6.63. The van der Waals surface area contributed by atoms with Gasteiger partial charge in [-0.1, -0.05) is 115 Å².